The summed E-state index contributed by atoms with van der Waals surface area (Å²) in [7, 11) is 0. The quantitative estimate of drug-likeness (QED) is 0.620. The summed E-state index contributed by atoms with van der Waals surface area (Å²) in [6.07, 6.45) is 0.865. The molecule has 0 saturated heterocycles. The van der Waals surface area contributed by atoms with E-state index >= 15 is 0 Å². The number of aldehydes is 1. The number of rotatable bonds is 4. The SMILES string of the molecule is CC(C)Oc1ccccc1C(Br)(Br)C=O. The van der Waals surface area contributed by atoms with E-state index in [2.05, 4.69) is 31.9 Å². The van der Waals surface area contributed by atoms with Crippen LogP contribution in [0, 0.1) is 0 Å². The highest BCUT2D eigenvalue weighted by atomic mass is 79.9. The monoisotopic (exact) mass is 334 g/mol. The minimum atomic E-state index is -0.870. The third-order valence-electron chi connectivity index (χ3n) is 1.76. The molecule has 2 nitrogen and oxygen atoms in total. The minimum absolute atomic E-state index is 0.0774. The van der Waals surface area contributed by atoms with Gasteiger partial charge in [-0.3, -0.25) is 0 Å². The molecule has 0 atom stereocenters. The van der Waals surface area contributed by atoms with E-state index in [0.717, 1.165) is 11.8 Å². The molecule has 0 fully saturated rings. The molecule has 0 spiro atoms. The van der Waals surface area contributed by atoms with Crippen LogP contribution in [-0.4, -0.2) is 12.4 Å². The second-order valence-corrected chi connectivity index (χ2v) is 6.97. The highest BCUT2D eigenvalue weighted by molar-refractivity contribution is 9.25. The van der Waals surface area contributed by atoms with Gasteiger partial charge in [-0.15, -0.1) is 0 Å². The highest BCUT2D eigenvalue weighted by Gasteiger charge is 2.28. The third-order valence-corrected chi connectivity index (χ3v) is 2.99. The third kappa shape index (κ3) is 3.31. The van der Waals surface area contributed by atoms with Gasteiger partial charge in [0.1, 0.15) is 5.75 Å². The molecule has 0 saturated carbocycles. The Bertz CT molecular complexity index is 348. The molecule has 0 aliphatic carbocycles. The van der Waals surface area contributed by atoms with E-state index in [1.807, 2.05) is 38.1 Å². The van der Waals surface area contributed by atoms with Crippen LogP contribution in [0.5, 0.6) is 5.75 Å². The average molecular weight is 336 g/mol. The lowest BCUT2D eigenvalue weighted by Crippen LogP contribution is -2.15. The number of ether oxygens (including phenoxy) is 1. The van der Waals surface area contributed by atoms with Gasteiger partial charge in [0.05, 0.1) is 6.10 Å². The van der Waals surface area contributed by atoms with Gasteiger partial charge in [-0.2, -0.15) is 0 Å². The highest BCUT2D eigenvalue weighted by Crippen LogP contribution is 2.41. The molecule has 82 valence electrons. The fraction of sp³-hybridized carbons (Fsp3) is 0.364. The Kier molecular flexibility index (Phi) is 4.34. The van der Waals surface area contributed by atoms with Crippen LogP contribution in [0.2, 0.25) is 0 Å². The summed E-state index contributed by atoms with van der Waals surface area (Å²) in [5, 5.41) is 0. The number of carbonyl (C=O) groups is 1. The van der Waals surface area contributed by atoms with Crippen molar-refractivity contribution in [3.8, 4) is 5.75 Å². The summed E-state index contributed by atoms with van der Waals surface area (Å²) in [6.45, 7) is 3.89. The van der Waals surface area contributed by atoms with Crippen molar-refractivity contribution in [3.63, 3.8) is 0 Å². The molecule has 0 amide bonds. The van der Waals surface area contributed by atoms with Crippen molar-refractivity contribution < 1.29 is 9.53 Å². The second kappa shape index (κ2) is 5.12. The van der Waals surface area contributed by atoms with Crippen LogP contribution in [0.25, 0.3) is 0 Å². The lowest BCUT2D eigenvalue weighted by Gasteiger charge is -2.19. The van der Waals surface area contributed by atoms with Crippen LogP contribution in [0.1, 0.15) is 19.4 Å². The van der Waals surface area contributed by atoms with Gasteiger partial charge >= 0.3 is 0 Å². The number of para-hydroxylation sites is 1. The fourth-order valence-corrected chi connectivity index (χ4v) is 1.82. The summed E-state index contributed by atoms with van der Waals surface area (Å²) in [5.41, 5.74) is 0.772. The van der Waals surface area contributed by atoms with Crippen LogP contribution in [0.15, 0.2) is 24.3 Å². The largest absolute Gasteiger partial charge is 0.491 e. The van der Waals surface area contributed by atoms with Crippen molar-refractivity contribution in [2.45, 2.75) is 23.2 Å². The normalized spacial score (nSPS) is 11.5. The topological polar surface area (TPSA) is 26.3 Å². The molecule has 0 aliphatic heterocycles. The molecular weight excluding hydrogens is 324 g/mol. The summed E-state index contributed by atoms with van der Waals surface area (Å²) in [5.74, 6) is 0.702. The van der Waals surface area contributed by atoms with Gasteiger partial charge in [-0.1, -0.05) is 50.1 Å². The molecule has 0 radical (unpaired) electrons. The van der Waals surface area contributed by atoms with Crippen LogP contribution >= 0.6 is 31.9 Å². The first kappa shape index (κ1) is 12.7. The molecule has 0 bridgehead atoms. The molecule has 1 aromatic carbocycles. The summed E-state index contributed by atoms with van der Waals surface area (Å²) in [4.78, 5) is 10.9. The van der Waals surface area contributed by atoms with Crippen LogP contribution in [-0.2, 0) is 8.03 Å². The summed E-state index contributed by atoms with van der Waals surface area (Å²) in [6, 6.07) is 7.43. The van der Waals surface area contributed by atoms with Crippen molar-refractivity contribution in [1.82, 2.24) is 0 Å². The minimum Gasteiger partial charge on any atom is -0.491 e. The van der Waals surface area contributed by atoms with Gasteiger partial charge in [-0.05, 0) is 19.9 Å². The van der Waals surface area contributed by atoms with Crippen LogP contribution in [0.3, 0.4) is 0 Å². The standard InChI is InChI=1S/C11H12Br2O2/c1-8(2)15-10-6-4-3-5-9(10)11(12,13)7-14/h3-8H,1-2H3. The molecule has 0 heterocycles. The molecule has 0 aromatic heterocycles. The van der Waals surface area contributed by atoms with Crippen molar-refractivity contribution in [2.24, 2.45) is 0 Å². The number of hydrogen-bond acceptors (Lipinski definition) is 2. The number of halogens is 2. The van der Waals surface area contributed by atoms with E-state index in [0.29, 0.717) is 5.75 Å². The maximum atomic E-state index is 10.9. The summed E-state index contributed by atoms with van der Waals surface area (Å²) >= 11 is 6.60. The van der Waals surface area contributed by atoms with E-state index in [1.165, 1.54) is 0 Å². The molecule has 1 aromatic rings. The Labute approximate surface area is 106 Å². The Morgan fingerprint density at radius 3 is 2.47 bits per heavy atom. The number of hydrogen-bond donors (Lipinski definition) is 0. The van der Waals surface area contributed by atoms with Gasteiger partial charge < -0.3 is 9.53 Å². The van der Waals surface area contributed by atoms with Crippen LogP contribution < -0.4 is 4.74 Å². The molecule has 4 heteroatoms. The van der Waals surface area contributed by atoms with E-state index < -0.39 is 3.23 Å². The van der Waals surface area contributed by atoms with Gasteiger partial charge in [0.15, 0.2) is 9.52 Å². The second-order valence-electron chi connectivity index (χ2n) is 3.40. The maximum Gasteiger partial charge on any atom is 0.164 e. The van der Waals surface area contributed by atoms with E-state index in [-0.39, 0.29) is 6.10 Å². The van der Waals surface area contributed by atoms with E-state index in [4.69, 9.17) is 4.74 Å². The molecule has 1 rings (SSSR count). The van der Waals surface area contributed by atoms with E-state index in [1.54, 1.807) is 0 Å². The van der Waals surface area contributed by atoms with Gasteiger partial charge in [0, 0.05) is 5.56 Å². The predicted octanol–water partition coefficient (Wildman–Crippen LogP) is 3.62. The Morgan fingerprint density at radius 2 is 1.93 bits per heavy atom. The fourth-order valence-electron chi connectivity index (χ4n) is 1.16. The Morgan fingerprint density at radius 1 is 1.33 bits per heavy atom. The number of alkyl halides is 2. The van der Waals surface area contributed by atoms with Gasteiger partial charge in [-0.25, -0.2) is 0 Å². The first-order valence-corrected chi connectivity index (χ1v) is 6.16. The van der Waals surface area contributed by atoms with E-state index in [9.17, 15) is 4.79 Å². The number of carbonyl (C=O) groups excluding carboxylic acids is 1. The first-order chi connectivity index (χ1) is 6.97. The van der Waals surface area contributed by atoms with Gasteiger partial charge in [0.2, 0.25) is 0 Å². The molecule has 0 N–H and O–H groups in total. The van der Waals surface area contributed by atoms with Crippen molar-refractivity contribution in [1.29, 1.82) is 0 Å². The molecular formula is C11H12Br2O2. The smallest absolute Gasteiger partial charge is 0.164 e. The predicted molar refractivity (Wildman–Crippen MR) is 67.8 cm³/mol. The van der Waals surface area contributed by atoms with Gasteiger partial charge in [0.25, 0.3) is 0 Å². The van der Waals surface area contributed by atoms with Crippen molar-refractivity contribution in [3.05, 3.63) is 29.8 Å². The van der Waals surface area contributed by atoms with Crippen molar-refractivity contribution in [2.75, 3.05) is 0 Å². The molecule has 0 aliphatic rings. The zero-order valence-corrected chi connectivity index (χ0v) is 11.7. The first-order valence-electron chi connectivity index (χ1n) is 4.57. The van der Waals surface area contributed by atoms with Crippen molar-refractivity contribution >= 4 is 38.1 Å². The maximum absolute atomic E-state index is 10.9. The summed E-state index contributed by atoms with van der Waals surface area (Å²) < 4.78 is 4.75. The Hall–Kier alpha value is -0.350. The average Bonchev–Trinajstić information content (AvgIpc) is 2.17. The lowest BCUT2D eigenvalue weighted by atomic mass is 10.1. The zero-order valence-electron chi connectivity index (χ0n) is 8.54. The zero-order chi connectivity index (χ0) is 11.5. The van der Waals surface area contributed by atoms with Crippen LogP contribution in [0.4, 0.5) is 0 Å². The lowest BCUT2D eigenvalue weighted by molar-refractivity contribution is -0.107. The molecule has 0 unspecified atom stereocenters. The molecule has 15 heavy (non-hydrogen) atoms. The number of benzene rings is 1. The Balaban J connectivity index is 3.11.